The fourth-order valence-corrected chi connectivity index (χ4v) is 4.07. The van der Waals surface area contributed by atoms with E-state index < -0.39 is 5.60 Å². The summed E-state index contributed by atoms with van der Waals surface area (Å²) in [6.45, 7) is 1.53. The van der Waals surface area contributed by atoms with Gasteiger partial charge in [-0.2, -0.15) is 0 Å². The highest BCUT2D eigenvalue weighted by atomic mass is 32.1. The number of rotatable bonds is 4. The predicted molar refractivity (Wildman–Crippen MR) is 94.6 cm³/mol. The van der Waals surface area contributed by atoms with E-state index in [0.29, 0.717) is 37.5 Å². The molecule has 25 heavy (non-hydrogen) atoms. The number of carbonyl (C=O) groups excluding carboxylic acids is 1. The van der Waals surface area contributed by atoms with Crippen LogP contribution in [-0.4, -0.2) is 33.6 Å². The zero-order chi connectivity index (χ0) is 17.3. The molecule has 0 aliphatic carbocycles. The van der Waals surface area contributed by atoms with Gasteiger partial charge >= 0.3 is 0 Å². The molecule has 0 aromatic carbocycles. The molecule has 3 aromatic rings. The number of carbonyl (C=O) groups is 1. The van der Waals surface area contributed by atoms with Gasteiger partial charge in [-0.25, -0.2) is 4.98 Å². The van der Waals surface area contributed by atoms with Crippen molar-refractivity contribution in [2.75, 3.05) is 13.2 Å². The van der Waals surface area contributed by atoms with Gasteiger partial charge in [0.15, 0.2) is 0 Å². The Bertz CT molecular complexity index is 896. The number of aliphatic hydroxyl groups is 1. The number of imidazole rings is 1. The number of amides is 1. The van der Waals surface area contributed by atoms with Gasteiger partial charge < -0.3 is 19.6 Å². The average molecular weight is 357 g/mol. The normalized spacial score (nSPS) is 16.8. The van der Waals surface area contributed by atoms with Crippen molar-refractivity contribution in [3.8, 4) is 0 Å². The molecule has 1 amide bonds. The minimum absolute atomic E-state index is 0.130. The Hall–Kier alpha value is -2.22. The smallest absolute Gasteiger partial charge is 0.261 e. The largest absolute Gasteiger partial charge is 0.384 e. The van der Waals surface area contributed by atoms with Gasteiger partial charge in [-0.15, -0.1) is 11.3 Å². The van der Waals surface area contributed by atoms with Crippen molar-refractivity contribution in [1.82, 2.24) is 14.7 Å². The van der Waals surface area contributed by atoms with E-state index in [-0.39, 0.29) is 5.91 Å². The van der Waals surface area contributed by atoms with E-state index in [9.17, 15) is 9.90 Å². The average Bonchev–Trinajstić information content (AvgIpc) is 3.29. The summed E-state index contributed by atoms with van der Waals surface area (Å²) in [5.41, 5.74) is 0.978. The maximum Gasteiger partial charge on any atom is 0.261 e. The summed E-state index contributed by atoms with van der Waals surface area (Å²) in [5.74, 6) is -0.130. The van der Waals surface area contributed by atoms with Gasteiger partial charge in [0.2, 0.25) is 0 Å². The number of pyridine rings is 1. The third-order valence-electron chi connectivity index (χ3n) is 4.52. The van der Waals surface area contributed by atoms with Crippen molar-refractivity contribution in [1.29, 1.82) is 0 Å². The van der Waals surface area contributed by atoms with E-state index in [2.05, 4.69) is 10.3 Å². The molecule has 0 spiro atoms. The Morgan fingerprint density at radius 3 is 3.00 bits per heavy atom. The van der Waals surface area contributed by atoms with Crippen LogP contribution >= 0.6 is 11.3 Å². The summed E-state index contributed by atoms with van der Waals surface area (Å²) >= 11 is 1.35. The van der Waals surface area contributed by atoms with Gasteiger partial charge in [0, 0.05) is 56.1 Å². The summed E-state index contributed by atoms with van der Waals surface area (Å²) in [6, 6.07) is 7.53. The summed E-state index contributed by atoms with van der Waals surface area (Å²) in [4.78, 5) is 18.1. The topological polar surface area (TPSA) is 75.9 Å². The van der Waals surface area contributed by atoms with Crippen LogP contribution in [0.4, 0.5) is 0 Å². The molecule has 0 atom stereocenters. The molecule has 1 saturated heterocycles. The minimum Gasteiger partial charge on any atom is -0.384 e. The SMILES string of the molecule is O=C(NCc1ccn2ccnc2c1)c1ccc(C2(O)CCOCC2)s1. The number of ether oxygens (including phenoxy) is 1. The van der Waals surface area contributed by atoms with Crippen LogP contribution in [0.25, 0.3) is 5.65 Å². The first-order chi connectivity index (χ1) is 12.1. The Morgan fingerprint density at radius 1 is 1.32 bits per heavy atom. The van der Waals surface area contributed by atoms with Gasteiger partial charge in [-0.1, -0.05) is 0 Å². The van der Waals surface area contributed by atoms with Crippen molar-refractivity contribution >= 4 is 22.9 Å². The van der Waals surface area contributed by atoms with Crippen LogP contribution in [0.5, 0.6) is 0 Å². The molecule has 1 aliphatic rings. The lowest BCUT2D eigenvalue weighted by Gasteiger charge is -2.30. The molecular weight excluding hydrogens is 338 g/mol. The minimum atomic E-state index is -0.868. The number of hydrogen-bond donors (Lipinski definition) is 2. The summed E-state index contributed by atoms with van der Waals surface area (Å²) in [7, 11) is 0. The highest BCUT2D eigenvalue weighted by Crippen LogP contribution is 2.36. The third-order valence-corrected chi connectivity index (χ3v) is 5.80. The number of hydrogen-bond acceptors (Lipinski definition) is 5. The molecule has 1 fully saturated rings. The second-order valence-electron chi connectivity index (χ2n) is 6.22. The molecule has 0 radical (unpaired) electrons. The van der Waals surface area contributed by atoms with Gasteiger partial charge in [0.05, 0.1) is 4.88 Å². The van der Waals surface area contributed by atoms with E-state index >= 15 is 0 Å². The lowest BCUT2D eigenvalue weighted by atomic mass is 9.93. The van der Waals surface area contributed by atoms with Crippen molar-refractivity contribution in [2.24, 2.45) is 0 Å². The van der Waals surface area contributed by atoms with Crippen molar-refractivity contribution in [3.63, 3.8) is 0 Å². The summed E-state index contributed by atoms with van der Waals surface area (Å²) in [6.07, 6.45) is 6.68. The highest BCUT2D eigenvalue weighted by Gasteiger charge is 2.33. The fraction of sp³-hybridized carbons (Fsp3) is 0.333. The lowest BCUT2D eigenvalue weighted by molar-refractivity contribution is -0.0656. The zero-order valence-corrected chi connectivity index (χ0v) is 14.5. The molecule has 0 bridgehead atoms. The summed E-state index contributed by atoms with van der Waals surface area (Å²) < 4.78 is 7.23. The quantitative estimate of drug-likeness (QED) is 0.751. The van der Waals surface area contributed by atoms with Crippen LogP contribution in [-0.2, 0) is 16.9 Å². The number of thiophene rings is 1. The third kappa shape index (κ3) is 3.30. The fourth-order valence-electron chi connectivity index (χ4n) is 3.00. The first-order valence-corrected chi connectivity index (χ1v) is 9.06. The van der Waals surface area contributed by atoms with Gasteiger partial charge in [0.1, 0.15) is 11.2 Å². The van der Waals surface area contributed by atoms with Crippen LogP contribution in [0.2, 0.25) is 0 Å². The van der Waals surface area contributed by atoms with Crippen molar-refractivity contribution < 1.29 is 14.6 Å². The van der Waals surface area contributed by atoms with Gasteiger partial charge in [-0.05, 0) is 29.8 Å². The monoisotopic (exact) mass is 357 g/mol. The molecule has 2 N–H and O–H groups in total. The Kier molecular flexibility index (Phi) is 4.29. The molecule has 3 aromatic heterocycles. The molecule has 1 aliphatic heterocycles. The second kappa shape index (κ2) is 6.59. The number of nitrogens with zero attached hydrogens (tertiary/aromatic N) is 2. The van der Waals surface area contributed by atoms with E-state index in [4.69, 9.17) is 4.74 Å². The van der Waals surface area contributed by atoms with Crippen LogP contribution in [0.3, 0.4) is 0 Å². The Morgan fingerprint density at radius 2 is 2.16 bits per heavy atom. The van der Waals surface area contributed by atoms with E-state index in [0.717, 1.165) is 16.1 Å². The van der Waals surface area contributed by atoms with Crippen molar-refractivity contribution in [2.45, 2.75) is 25.0 Å². The van der Waals surface area contributed by atoms with E-state index in [1.165, 1.54) is 11.3 Å². The predicted octanol–water partition coefficient (Wildman–Crippen LogP) is 2.32. The Labute approximate surface area is 149 Å². The van der Waals surface area contributed by atoms with Gasteiger partial charge in [0.25, 0.3) is 5.91 Å². The zero-order valence-electron chi connectivity index (χ0n) is 13.6. The number of nitrogens with one attached hydrogen (secondary N) is 1. The molecular formula is C18H19N3O3S. The molecule has 7 heteroatoms. The highest BCUT2D eigenvalue weighted by molar-refractivity contribution is 7.14. The lowest BCUT2D eigenvalue weighted by Crippen LogP contribution is -2.32. The first kappa shape index (κ1) is 16.3. The second-order valence-corrected chi connectivity index (χ2v) is 7.30. The van der Waals surface area contributed by atoms with E-state index in [1.807, 2.05) is 35.0 Å². The molecule has 0 saturated carbocycles. The maximum atomic E-state index is 12.4. The molecule has 130 valence electrons. The molecule has 4 heterocycles. The number of fused-ring (bicyclic) bond motifs is 1. The van der Waals surface area contributed by atoms with Crippen LogP contribution in [0, 0.1) is 0 Å². The first-order valence-electron chi connectivity index (χ1n) is 8.24. The van der Waals surface area contributed by atoms with Crippen molar-refractivity contribution in [3.05, 3.63) is 58.2 Å². The molecule has 4 rings (SSSR count). The van der Waals surface area contributed by atoms with Crippen LogP contribution in [0.15, 0.2) is 42.9 Å². The maximum absolute atomic E-state index is 12.4. The van der Waals surface area contributed by atoms with E-state index in [1.54, 1.807) is 12.3 Å². The molecule has 6 nitrogen and oxygen atoms in total. The van der Waals surface area contributed by atoms with Crippen LogP contribution in [0.1, 0.15) is 33.0 Å². The van der Waals surface area contributed by atoms with Gasteiger partial charge in [-0.3, -0.25) is 4.79 Å². The number of aromatic nitrogens is 2. The Balaban J connectivity index is 1.42. The molecule has 0 unspecified atom stereocenters. The summed E-state index contributed by atoms with van der Waals surface area (Å²) in [5, 5.41) is 13.6. The standard InChI is InChI=1S/C18H19N3O3S/c22-17(20-12-13-3-7-21-8-6-19-16(21)11-13)14-1-2-15(25-14)18(23)4-9-24-10-5-18/h1-3,6-8,11,23H,4-5,9-10,12H2,(H,20,22). The van der Waals surface area contributed by atoms with Crippen LogP contribution < -0.4 is 5.32 Å².